The van der Waals surface area contributed by atoms with Gasteiger partial charge in [-0.3, -0.25) is 19.2 Å². The summed E-state index contributed by atoms with van der Waals surface area (Å²) in [7, 11) is 4.59. The number of aryl methyl sites for hydroxylation is 1. The number of carbonyl (C=O) groups excluding carboxylic acids is 5. The first-order chi connectivity index (χ1) is 36.7. The van der Waals surface area contributed by atoms with Gasteiger partial charge >= 0.3 is 5.97 Å². The molecule has 15 atom stereocenters. The molecule has 1 saturated carbocycles. The van der Waals surface area contributed by atoms with Crippen LogP contribution >= 0.6 is 0 Å². The Kier molecular flexibility index (Phi) is 24.9. The van der Waals surface area contributed by atoms with Crippen LogP contribution in [0.4, 0.5) is 5.69 Å². The molecule has 3 heterocycles. The molecule has 77 heavy (non-hydrogen) atoms. The highest BCUT2D eigenvalue weighted by Crippen LogP contribution is 2.37. The van der Waals surface area contributed by atoms with Gasteiger partial charge in [0.25, 0.3) is 11.7 Å². The number of amides is 1. The second-order valence-corrected chi connectivity index (χ2v) is 22.1. The van der Waals surface area contributed by atoms with Gasteiger partial charge in [-0.2, -0.15) is 0 Å². The number of esters is 1. The first kappa shape index (κ1) is 63.0. The molecule has 2 saturated heterocycles. The minimum absolute atomic E-state index is 0.000640. The highest BCUT2D eigenvalue weighted by Gasteiger charge is 2.53. The number of aliphatic hydroxyl groups excluding tert-OH is 1. The lowest BCUT2D eigenvalue weighted by molar-refractivity contribution is -0.265. The number of hydrogen-bond donors (Lipinski definition) is 3. The van der Waals surface area contributed by atoms with Gasteiger partial charge in [-0.25, -0.2) is 4.79 Å². The molecule has 0 spiro atoms. The van der Waals surface area contributed by atoms with E-state index in [0.717, 1.165) is 35.3 Å². The molecule has 1 amide bonds. The minimum atomic E-state index is -2.46. The number of ether oxygens (including phenoxy) is 6. The Morgan fingerprint density at radius 2 is 1.62 bits per heavy atom. The van der Waals surface area contributed by atoms with Crippen LogP contribution in [-0.2, 0) is 58.8 Å². The van der Waals surface area contributed by atoms with Crippen LogP contribution in [0.5, 0.6) is 0 Å². The standard InChI is InChI=1S/C59H87N5O13/c1-36-16-11-10-12-17-37(2)50(72-7)34-45-26-20-41(6)59(71,77-45)56(68)57(69)64-28-14-13-19-47(64)58(70)76-51(35-48(65)38(3)31-40(5)54(67)55(74-9)53(66)39(4)30-36)46(60)32-43-23-27-49(52(33-43)73-8)75-29-15-18-42-21-24-44(25-22-42)62-63-61/h10-12,16-17,21-22,24-25,31,36,38-39,41,43,45-47,49-52,54-55,67,71H,13-15,18-20,23,26-30,32-35,60H2,1-9H3/b12-10?,16-11+,37-17?,40-31+/t36-,38-,39-,41-,43+,45+,46-,47+,49-,50+,51+,52-,54-,55+,59-/m1/s1. The van der Waals surface area contributed by atoms with Crippen molar-refractivity contribution >= 4 is 34.9 Å². The number of benzene rings is 1. The summed E-state index contributed by atoms with van der Waals surface area (Å²) in [4.78, 5) is 75.4. The zero-order valence-corrected chi connectivity index (χ0v) is 46.9. The summed E-state index contributed by atoms with van der Waals surface area (Å²) >= 11 is 0. The summed E-state index contributed by atoms with van der Waals surface area (Å²) in [6.07, 6.45) is 12.5. The molecule has 0 aromatic heterocycles. The van der Waals surface area contributed by atoms with Gasteiger partial charge in [0.15, 0.2) is 5.78 Å². The van der Waals surface area contributed by atoms with Crippen molar-refractivity contribution in [3.8, 4) is 0 Å². The maximum atomic E-state index is 14.6. The van der Waals surface area contributed by atoms with E-state index in [2.05, 4.69) is 10.0 Å². The molecular formula is C59H87N5O13. The summed E-state index contributed by atoms with van der Waals surface area (Å²) in [6.45, 7) is 11.2. The highest BCUT2D eigenvalue weighted by molar-refractivity contribution is 6.39. The van der Waals surface area contributed by atoms with E-state index in [1.54, 1.807) is 60.1 Å². The molecule has 3 aliphatic heterocycles. The first-order valence-corrected chi connectivity index (χ1v) is 27.7. The molecule has 3 fully saturated rings. The van der Waals surface area contributed by atoms with Crippen molar-refractivity contribution < 1.29 is 62.6 Å². The van der Waals surface area contributed by atoms with Crippen LogP contribution in [0.1, 0.15) is 131 Å². The van der Waals surface area contributed by atoms with Crippen LogP contribution in [0.2, 0.25) is 0 Å². The normalized spacial score (nSPS) is 34.7. The molecule has 5 rings (SSSR count). The van der Waals surface area contributed by atoms with Crippen LogP contribution < -0.4 is 5.73 Å². The van der Waals surface area contributed by atoms with Crippen molar-refractivity contribution in [2.75, 3.05) is 34.5 Å². The quantitative estimate of drug-likeness (QED) is 0.0337. The van der Waals surface area contributed by atoms with Crippen molar-refractivity contribution in [3.63, 3.8) is 0 Å². The van der Waals surface area contributed by atoms with E-state index >= 15 is 0 Å². The Labute approximate surface area is 455 Å². The molecule has 0 radical (unpaired) electrons. The molecular weight excluding hydrogens is 987 g/mol. The minimum Gasteiger partial charge on any atom is -0.459 e. The Bertz CT molecular complexity index is 2310. The second kappa shape index (κ2) is 30.5. The van der Waals surface area contributed by atoms with Crippen LogP contribution in [0.15, 0.2) is 77.0 Å². The van der Waals surface area contributed by atoms with Gasteiger partial charge in [-0.05, 0) is 125 Å². The second-order valence-electron chi connectivity index (χ2n) is 22.1. The van der Waals surface area contributed by atoms with Crippen LogP contribution in [-0.4, -0.2) is 139 Å². The number of nitrogens with zero attached hydrogens (tertiary/aromatic N) is 4. The number of Topliss-reactive ketones (excluding diaryl/α,β-unsaturated/α-hetero) is 3. The zero-order chi connectivity index (χ0) is 56.4. The van der Waals surface area contributed by atoms with Gasteiger partial charge in [-0.15, -0.1) is 0 Å². The van der Waals surface area contributed by atoms with E-state index in [1.165, 1.54) is 7.11 Å². The van der Waals surface area contributed by atoms with Crippen LogP contribution in [0.25, 0.3) is 10.4 Å². The van der Waals surface area contributed by atoms with Gasteiger partial charge in [0.2, 0.25) is 5.79 Å². The molecule has 426 valence electrons. The van der Waals surface area contributed by atoms with Gasteiger partial charge in [0.1, 0.15) is 30.1 Å². The van der Waals surface area contributed by atoms with Gasteiger partial charge in [-0.1, -0.05) is 93.5 Å². The summed E-state index contributed by atoms with van der Waals surface area (Å²) in [6, 6.07) is 5.37. The van der Waals surface area contributed by atoms with E-state index < -0.39 is 83.8 Å². The third-order valence-corrected chi connectivity index (χ3v) is 16.2. The molecule has 1 aromatic carbocycles. The van der Waals surface area contributed by atoms with Crippen molar-refractivity contribution in [2.24, 2.45) is 40.4 Å². The third kappa shape index (κ3) is 17.6. The Balaban J connectivity index is 1.39. The van der Waals surface area contributed by atoms with E-state index in [9.17, 15) is 34.2 Å². The predicted molar refractivity (Wildman–Crippen MR) is 291 cm³/mol. The summed E-state index contributed by atoms with van der Waals surface area (Å²) in [5.74, 6) is -8.13. The fourth-order valence-electron chi connectivity index (χ4n) is 11.4. The number of aliphatic hydroxyl groups is 2. The number of ketones is 3. The largest absolute Gasteiger partial charge is 0.459 e. The predicted octanol–water partition coefficient (Wildman–Crippen LogP) is 8.47. The molecule has 0 unspecified atom stereocenters. The summed E-state index contributed by atoms with van der Waals surface area (Å²) < 4.78 is 36.2. The topological polar surface area (TPSA) is 259 Å². The van der Waals surface area contributed by atoms with E-state index in [-0.39, 0.29) is 55.0 Å². The SMILES string of the molecule is CO[C@H]1C[C@@H]2CC[C@@H](C)[C@@](O)(O2)C(=O)C(=O)N2CCCC[C@H]2C(=O)O[C@H]([C@H](N)C[C@@H]2CC[C@@H](OCCCc3ccc(N=[N+]=[N-])cc3)[C@H](OC)C2)CC(=O)[C@H](C)/C=C(\C)[C@@H](O)[C@@H](OC)C(=O)[C@H](C)C[C@H](C)/C=C/C=CC=C1C. The fourth-order valence-corrected chi connectivity index (χ4v) is 11.4. The smallest absolute Gasteiger partial charge is 0.329 e. The Morgan fingerprint density at radius 1 is 0.883 bits per heavy atom. The van der Waals surface area contributed by atoms with Crippen LogP contribution in [0, 0.1) is 29.6 Å². The van der Waals surface area contributed by atoms with E-state index in [4.69, 9.17) is 39.7 Å². The Morgan fingerprint density at radius 3 is 2.31 bits per heavy atom. The third-order valence-electron chi connectivity index (χ3n) is 16.2. The van der Waals surface area contributed by atoms with Crippen molar-refractivity contribution in [3.05, 3.63) is 87.9 Å². The molecule has 4 aliphatic rings. The molecule has 1 aliphatic carbocycles. The molecule has 18 nitrogen and oxygen atoms in total. The average Bonchev–Trinajstić information content (AvgIpc) is 3.42. The number of cyclic esters (lactones) is 1. The molecule has 18 heteroatoms. The maximum Gasteiger partial charge on any atom is 0.329 e. The van der Waals surface area contributed by atoms with Crippen molar-refractivity contribution in [1.82, 2.24) is 4.90 Å². The number of nitrogens with two attached hydrogens (primary N) is 1. The maximum absolute atomic E-state index is 14.6. The lowest BCUT2D eigenvalue weighted by Gasteiger charge is -2.42. The van der Waals surface area contributed by atoms with Gasteiger partial charge < -0.3 is 49.3 Å². The first-order valence-electron chi connectivity index (χ1n) is 27.7. The molecule has 4 N–H and O–H groups in total. The molecule has 2 bridgehead atoms. The zero-order valence-electron chi connectivity index (χ0n) is 46.9. The summed E-state index contributed by atoms with van der Waals surface area (Å²) in [5.41, 5.74) is 18.6. The number of carbonyl (C=O) groups is 5. The lowest BCUT2D eigenvalue weighted by atomic mass is 9.80. The number of hydrogen-bond acceptors (Lipinski definition) is 15. The highest BCUT2D eigenvalue weighted by atomic mass is 16.6. The monoisotopic (exact) mass is 1070 g/mol. The number of allylic oxidation sites excluding steroid dienone is 6. The average molecular weight is 1070 g/mol. The Hall–Kier alpha value is -4.88. The van der Waals surface area contributed by atoms with Gasteiger partial charge in [0.05, 0.1) is 24.4 Å². The number of piperidine rings is 1. The fraction of sp³-hybridized carbons (Fsp3) is 0.678. The van der Waals surface area contributed by atoms with Crippen LogP contribution in [0.3, 0.4) is 0 Å². The lowest BCUT2D eigenvalue weighted by Crippen LogP contribution is -2.61. The van der Waals surface area contributed by atoms with E-state index in [1.807, 2.05) is 56.4 Å². The number of rotatable bonds is 12. The number of methoxy groups -OCH3 is 3. The number of fused-ring (bicyclic) bond motifs is 3. The summed E-state index contributed by atoms with van der Waals surface area (Å²) in [5, 5.41) is 27.2. The van der Waals surface area contributed by atoms with Gasteiger partial charge in [0, 0.05) is 81.7 Å². The van der Waals surface area contributed by atoms with Crippen molar-refractivity contribution in [2.45, 2.75) is 192 Å². The number of azide groups is 1. The molecule has 1 aromatic rings. The van der Waals surface area contributed by atoms with E-state index in [0.29, 0.717) is 75.7 Å². The van der Waals surface area contributed by atoms with Crippen molar-refractivity contribution in [1.29, 1.82) is 0 Å².